The lowest BCUT2D eigenvalue weighted by Gasteiger charge is -2.39. The Balaban J connectivity index is 2.02. The van der Waals surface area contributed by atoms with Crippen LogP contribution in [0, 0.1) is 5.92 Å². The van der Waals surface area contributed by atoms with E-state index in [-0.39, 0.29) is 11.9 Å². The SMILES string of the molecule is COCCOc1ccc(C(=O)N2CCC[C@@H](C)[C@H]2CN)cc1. The van der Waals surface area contributed by atoms with E-state index < -0.39 is 0 Å². The Labute approximate surface area is 132 Å². The van der Waals surface area contributed by atoms with Gasteiger partial charge in [0, 0.05) is 31.8 Å². The second-order valence-corrected chi connectivity index (χ2v) is 5.79. The van der Waals surface area contributed by atoms with Gasteiger partial charge in [0.25, 0.3) is 5.91 Å². The molecule has 1 fully saturated rings. The highest BCUT2D eigenvalue weighted by Gasteiger charge is 2.31. The Hall–Kier alpha value is -1.59. The van der Waals surface area contributed by atoms with Gasteiger partial charge < -0.3 is 20.1 Å². The first kappa shape index (κ1) is 16.8. The fourth-order valence-corrected chi connectivity index (χ4v) is 2.96. The molecule has 2 atom stereocenters. The van der Waals surface area contributed by atoms with Crippen molar-refractivity contribution in [1.29, 1.82) is 0 Å². The van der Waals surface area contributed by atoms with Gasteiger partial charge in [-0.1, -0.05) is 6.92 Å². The van der Waals surface area contributed by atoms with Crippen molar-refractivity contribution in [2.45, 2.75) is 25.8 Å². The van der Waals surface area contributed by atoms with Gasteiger partial charge in [-0.3, -0.25) is 4.79 Å². The van der Waals surface area contributed by atoms with E-state index in [1.807, 2.05) is 29.2 Å². The number of piperidine rings is 1. The molecule has 0 saturated carbocycles. The fourth-order valence-electron chi connectivity index (χ4n) is 2.96. The molecule has 0 bridgehead atoms. The lowest BCUT2D eigenvalue weighted by molar-refractivity contribution is 0.0532. The van der Waals surface area contributed by atoms with Gasteiger partial charge in [-0.05, 0) is 43.0 Å². The molecule has 122 valence electrons. The average molecular weight is 306 g/mol. The van der Waals surface area contributed by atoms with E-state index in [2.05, 4.69) is 6.92 Å². The van der Waals surface area contributed by atoms with Crippen LogP contribution >= 0.6 is 0 Å². The molecule has 22 heavy (non-hydrogen) atoms. The largest absolute Gasteiger partial charge is 0.491 e. The lowest BCUT2D eigenvalue weighted by atomic mass is 9.90. The van der Waals surface area contributed by atoms with Crippen LogP contribution in [0.1, 0.15) is 30.1 Å². The predicted octanol–water partition coefficient (Wildman–Crippen LogP) is 1.91. The van der Waals surface area contributed by atoms with E-state index in [1.54, 1.807) is 7.11 Å². The third-order valence-corrected chi connectivity index (χ3v) is 4.28. The van der Waals surface area contributed by atoms with E-state index in [0.717, 1.165) is 25.1 Å². The molecule has 1 aromatic rings. The highest BCUT2D eigenvalue weighted by atomic mass is 16.5. The number of carbonyl (C=O) groups is 1. The van der Waals surface area contributed by atoms with Gasteiger partial charge >= 0.3 is 0 Å². The maximum Gasteiger partial charge on any atom is 0.254 e. The minimum Gasteiger partial charge on any atom is -0.491 e. The summed E-state index contributed by atoms with van der Waals surface area (Å²) in [6, 6.07) is 7.43. The molecule has 0 radical (unpaired) electrons. The first-order valence-electron chi connectivity index (χ1n) is 7.90. The number of nitrogens with two attached hydrogens (primary N) is 1. The van der Waals surface area contributed by atoms with Crippen LogP contribution < -0.4 is 10.5 Å². The van der Waals surface area contributed by atoms with Gasteiger partial charge in [0.15, 0.2) is 0 Å². The van der Waals surface area contributed by atoms with Crippen molar-refractivity contribution < 1.29 is 14.3 Å². The molecule has 1 saturated heterocycles. The number of carbonyl (C=O) groups excluding carboxylic acids is 1. The summed E-state index contributed by atoms with van der Waals surface area (Å²) in [4.78, 5) is 14.6. The Bertz CT molecular complexity index is 475. The summed E-state index contributed by atoms with van der Waals surface area (Å²) in [6.07, 6.45) is 2.18. The summed E-state index contributed by atoms with van der Waals surface area (Å²) >= 11 is 0. The molecule has 0 spiro atoms. The first-order valence-corrected chi connectivity index (χ1v) is 7.90. The van der Waals surface area contributed by atoms with Crippen molar-refractivity contribution in [3.63, 3.8) is 0 Å². The summed E-state index contributed by atoms with van der Waals surface area (Å²) in [5.41, 5.74) is 6.55. The van der Waals surface area contributed by atoms with Crippen LogP contribution in [-0.2, 0) is 4.74 Å². The number of hydrogen-bond acceptors (Lipinski definition) is 4. The van der Waals surface area contributed by atoms with E-state index in [9.17, 15) is 4.79 Å². The Morgan fingerprint density at radius 3 is 2.68 bits per heavy atom. The number of hydrogen-bond donors (Lipinski definition) is 1. The molecule has 1 amide bonds. The number of benzene rings is 1. The molecule has 0 aliphatic carbocycles. The van der Waals surface area contributed by atoms with Crippen molar-refractivity contribution in [3.8, 4) is 5.75 Å². The fraction of sp³-hybridized carbons (Fsp3) is 0.588. The van der Waals surface area contributed by atoms with Gasteiger partial charge in [0.05, 0.1) is 6.61 Å². The molecule has 1 heterocycles. The third kappa shape index (κ3) is 3.99. The van der Waals surface area contributed by atoms with Crippen LogP contribution in [0.25, 0.3) is 0 Å². The second-order valence-electron chi connectivity index (χ2n) is 5.79. The summed E-state index contributed by atoms with van der Waals surface area (Å²) in [5, 5.41) is 0. The van der Waals surface area contributed by atoms with Crippen molar-refractivity contribution in [3.05, 3.63) is 29.8 Å². The summed E-state index contributed by atoms with van der Waals surface area (Å²) in [6.45, 7) is 4.53. The quantitative estimate of drug-likeness (QED) is 0.815. The molecule has 0 unspecified atom stereocenters. The van der Waals surface area contributed by atoms with E-state index >= 15 is 0 Å². The summed E-state index contributed by atoms with van der Waals surface area (Å²) in [5.74, 6) is 1.26. The summed E-state index contributed by atoms with van der Waals surface area (Å²) in [7, 11) is 1.64. The van der Waals surface area contributed by atoms with Gasteiger partial charge in [0.1, 0.15) is 12.4 Å². The standard InChI is InChI=1S/C17H26N2O3/c1-13-4-3-9-19(16(13)12-18)17(20)14-5-7-15(8-6-14)22-11-10-21-2/h5-8,13,16H,3-4,9-12,18H2,1-2H3/t13-,16-/m1/s1. The molecular formula is C17H26N2O3. The number of amides is 1. The molecule has 1 aromatic carbocycles. The minimum atomic E-state index is 0.0606. The minimum absolute atomic E-state index is 0.0606. The monoisotopic (exact) mass is 306 g/mol. The number of ether oxygens (including phenoxy) is 2. The van der Waals surface area contributed by atoms with E-state index in [0.29, 0.717) is 31.2 Å². The summed E-state index contributed by atoms with van der Waals surface area (Å²) < 4.78 is 10.5. The van der Waals surface area contributed by atoms with Gasteiger partial charge in [0.2, 0.25) is 0 Å². The topological polar surface area (TPSA) is 64.8 Å². The van der Waals surface area contributed by atoms with Crippen LogP contribution in [-0.4, -0.2) is 50.3 Å². The zero-order valence-corrected chi connectivity index (χ0v) is 13.5. The molecule has 5 nitrogen and oxygen atoms in total. The zero-order chi connectivity index (χ0) is 15.9. The second kappa shape index (κ2) is 8.15. The maximum atomic E-state index is 12.7. The van der Waals surface area contributed by atoms with Gasteiger partial charge in [-0.25, -0.2) is 0 Å². The zero-order valence-electron chi connectivity index (χ0n) is 13.5. The highest BCUT2D eigenvalue weighted by Crippen LogP contribution is 2.25. The molecule has 1 aliphatic heterocycles. The molecule has 2 rings (SSSR count). The number of rotatable bonds is 6. The molecular weight excluding hydrogens is 280 g/mol. The Kier molecular flexibility index (Phi) is 6.21. The smallest absolute Gasteiger partial charge is 0.254 e. The molecule has 1 aliphatic rings. The third-order valence-electron chi connectivity index (χ3n) is 4.28. The number of nitrogens with zero attached hydrogens (tertiary/aromatic N) is 1. The predicted molar refractivity (Wildman–Crippen MR) is 86.1 cm³/mol. The van der Waals surface area contributed by atoms with Crippen LogP contribution in [0.15, 0.2) is 24.3 Å². The van der Waals surface area contributed by atoms with Crippen molar-refractivity contribution in [2.24, 2.45) is 11.7 Å². The van der Waals surface area contributed by atoms with Gasteiger partial charge in [-0.15, -0.1) is 0 Å². The lowest BCUT2D eigenvalue weighted by Crippen LogP contribution is -2.51. The van der Waals surface area contributed by atoms with E-state index in [4.69, 9.17) is 15.2 Å². The first-order chi connectivity index (χ1) is 10.7. The molecule has 2 N–H and O–H groups in total. The number of methoxy groups -OCH3 is 1. The average Bonchev–Trinajstić information content (AvgIpc) is 2.55. The normalized spacial score (nSPS) is 21.7. The van der Waals surface area contributed by atoms with Gasteiger partial charge in [-0.2, -0.15) is 0 Å². The van der Waals surface area contributed by atoms with Crippen LogP contribution in [0.2, 0.25) is 0 Å². The molecule has 0 aromatic heterocycles. The Morgan fingerprint density at radius 2 is 2.05 bits per heavy atom. The van der Waals surface area contributed by atoms with Crippen LogP contribution in [0.4, 0.5) is 0 Å². The van der Waals surface area contributed by atoms with E-state index in [1.165, 1.54) is 0 Å². The highest BCUT2D eigenvalue weighted by molar-refractivity contribution is 5.94. The van der Waals surface area contributed by atoms with Crippen molar-refractivity contribution in [1.82, 2.24) is 4.90 Å². The molecule has 5 heteroatoms. The van der Waals surface area contributed by atoms with Crippen LogP contribution in [0.3, 0.4) is 0 Å². The number of likely N-dealkylation sites (tertiary alicyclic amines) is 1. The van der Waals surface area contributed by atoms with Crippen LogP contribution in [0.5, 0.6) is 5.75 Å². The Morgan fingerprint density at radius 1 is 1.32 bits per heavy atom. The maximum absolute atomic E-state index is 12.7. The van der Waals surface area contributed by atoms with Crippen molar-refractivity contribution in [2.75, 3.05) is 33.4 Å². The van der Waals surface area contributed by atoms with Crippen molar-refractivity contribution >= 4 is 5.91 Å².